The molecule has 0 radical (unpaired) electrons. The monoisotopic (exact) mass is 261 g/mol. The highest BCUT2D eigenvalue weighted by molar-refractivity contribution is 5.95. The van der Waals surface area contributed by atoms with E-state index >= 15 is 0 Å². The predicted molar refractivity (Wildman–Crippen MR) is 73.7 cm³/mol. The van der Waals surface area contributed by atoms with Crippen LogP contribution in [-0.2, 0) is 4.79 Å². The van der Waals surface area contributed by atoms with E-state index in [2.05, 4.69) is 5.32 Å². The van der Waals surface area contributed by atoms with Crippen LogP contribution in [0.5, 0.6) is 0 Å². The zero-order valence-electron chi connectivity index (χ0n) is 11.0. The molecular weight excluding hydrogens is 242 g/mol. The van der Waals surface area contributed by atoms with Crippen molar-refractivity contribution < 1.29 is 9.59 Å². The molecule has 5 heteroatoms. The van der Waals surface area contributed by atoms with Gasteiger partial charge in [0, 0.05) is 23.2 Å². The average molecular weight is 261 g/mol. The molecule has 2 amide bonds. The van der Waals surface area contributed by atoms with Gasteiger partial charge in [-0.15, -0.1) is 0 Å². The van der Waals surface area contributed by atoms with E-state index in [1.807, 2.05) is 6.92 Å². The maximum Gasteiger partial charge on any atom is 0.248 e. The van der Waals surface area contributed by atoms with Crippen LogP contribution in [0.3, 0.4) is 0 Å². The number of anilines is 1. The van der Waals surface area contributed by atoms with Crippen molar-refractivity contribution in [2.75, 3.05) is 5.32 Å². The molecule has 0 unspecified atom stereocenters. The van der Waals surface area contributed by atoms with Crippen LogP contribution in [0.1, 0.15) is 41.6 Å². The van der Waals surface area contributed by atoms with Gasteiger partial charge in [0.2, 0.25) is 11.8 Å². The molecule has 1 fully saturated rings. The minimum absolute atomic E-state index is 0.0860. The Morgan fingerprint density at radius 1 is 1.37 bits per heavy atom. The molecule has 0 aromatic heterocycles. The van der Waals surface area contributed by atoms with Crippen molar-refractivity contribution in [3.8, 4) is 0 Å². The quantitative estimate of drug-likeness (QED) is 0.762. The second-order valence-corrected chi connectivity index (χ2v) is 5.33. The van der Waals surface area contributed by atoms with E-state index in [9.17, 15) is 9.59 Å². The number of carbonyl (C=O) groups is 2. The number of carbonyl (C=O) groups excluding carboxylic acids is 2. The Morgan fingerprint density at radius 3 is 2.53 bits per heavy atom. The van der Waals surface area contributed by atoms with Crippen LogP contribution in [0.25, 0.3) is 0 Å². The largest absolute Gasteiger partial charge is 0.366 e. The first kappa shape index (κ1) is 13.5. The smallest absolute Gasteiger partial charge is 0.248 e. The third-order valence-corrected chi connectivity index (χ3v) is 3.65. The van der Waals surface area contributed by atoms with E-state index in [1.165, 1.54) is 0 Å². The zero-order valence-corrected chi connectivity index (χ0v) is 11.0. The summed E-state index contributed by atoms with van der Waals surface area (Å²) >= 11 is 0. The summed E-state index contributed by atoms with van der Waals surface area (Å²) in [6.07, 6.45) is 3.24. The number of amides is 2. The Balaban J connectivity index is 2.02. The summed E-state index contributed by atoms with van der Waals surface area (Å²) in [6, 6.07) is 4.96. The second kappa shape index (κ2) is 5.01. The van der Waals surface area contributed by atoms with Crippen LogP contribution in [-0.4, -0.2) is 17.4 Å². The molecule has 0 bridgehead atoms. The van der Waals surface area contributed by atoms with Gasteiger partial charge in [-0.05, 0) is 49.9 Å². The summed E-state index contributed by atoms with van der Waals surface area (Å²) in [6.45, 7) is 1.82. The highest BCUT2D eigenvalue weighted by Crippen LogP contribution is 2.32. The molecule has 0 atom stereocenters. The molecule has 5 nitrogen and oxygen atoms in total. The van der Waals surface area contributed by atoms with Crippen molar-refractivity contribution in [2.45, 2.75) is 38.1 Å². The van der Waals surface area contributed by atoms with Gasteiger partial charge in [-0.3, -0.25) is 9.59 Å². The van der Waals surface area contributed by atoms with Crippen LogP contribution in [0.2, 0.25) is 0 Å². The van der Waals surface area contributed by atoms with Crippen molar-refractivity contribution in [1.82, 2.24) is 0 Å². The van der Waals surface area contributed by atoms with Gasteiger partial charge in [-0.25, -0.2) is 0 Å². The number of nitrogens with one attached hydrogen (secondary N) is 1. The summed E-state index contributed by atoms with van der Waals surface area (Å²) in [5, 5.41) is 2.83. The number of rotatable bonds is 4. The first-order chi connectivity index (χ1) is 8.89. The third-order valence-electron chi connectivity index (χ3n) is 3.65. The van der Waals surface area contributed by atoms with Gasteiger partial charge in [-0.2, -0.15) is 0 Å². The minimum atomic E-state index is -0.476. The van der Waals surface area contributed by atoms with Gasteiger partial charge >= 0.3 is 0 Å². The van der Waals surface area contributed by atoms with Gasteiger partial charge in [0.05, 0.1) is 0 Å². The van der Waals surface area contributed by atoms with E-state index in [-0.39, 0.29) is 11.4 Å². The molecule has 0 aliphatic heterocycles. The van der Waals surface area contributed by atoms with Crippen molar-refractivity contribution >= 4 is 17.5 Å². The molecule has 1 aromatic rings. The second-order valence-electron chi connectivity index (χ2n) is 5.33. The van der Waals surface area contributed by atoms with Crippen molar-refractivity contribution in [2.24, 2.45) is 11.5 Å². The lowest BCUT2D eigenvalue weighted by Crippen LogP contribution is -2.48. The standard InChI is InChI=1S/C14H19N3O2/c1-9-7-10(13(15)19)3-4-11(9)17-12(18)8-14(16)5-2-6-14/h3-4,7H,2,5-6,8,16H2,1H3,(H2,15,19)(H,17,18). The lowest BCUT2D eigenvalue weighted by atomic mass is 9.75. The molecule has 19 heavy (non-hydrogen) atoms. The summed E-state index contributed by atoms with van der Waals surface area (Å²) in [4.78, 5) is 22.9. The van der Waals surface area contributed by atoms with Crippen molar-refractivity contribution in [3.63, 3.8) is 0 Å². The number of hydrogen-bond donors (Lipinski definition) is 3. The van der Waals surface area contributed by atoms with Crippen molar-refractivity contribution in [1.29, 1.82) is 0 Å². The maximum absolute atomic E-state index is 11.9. The normalized spacial score (nSPS) is 16.5. The van der Waals surface area contributed by atoms with E-state index in [1.54, 1.807) is 18.2 Å². The van der Waals surface area contributed by atoms with E-state index < -0.39 is 5.91 Å². The Kier molecular flexibility index (Phi) is 3.57. The fourth-order valence-corrected chi connectivity index (χ4v) is 2.28. The Labute approximate surface area is 112 Å². The molecule has 0 heterocycles. The third kappa shape index (κ3) is 3.12. The van der Waals surface area contributed by atoms with Crippen LogP contribution in [0.15, 0.2) is 18.2 Å². The fourth-order valence-electron chi connectivity index (χ4n) is 2.28. The van der Waals surface area contributed by atoms with Gasteiger partial charge in [0.15, 0.2) is 0 Å². The lowest BCUT2D eigenvalue weighted by Gasteiger charge is -2.37. The van der Waals surface area contributed by atoms with Crippen LogP contribution in [0, 0.1) is 6.92 Å². The predicted octanol–water partition coefficient (Wildman–Crippen LogP) is 1.30. The van der Waals surface area contributed by atoms with Gasteiger partial charge in [0.25, 0.3) is 0 Å². The molecule has 0 saturated heterocycles. The highest BCUT2D eigenvalue weighted by atomic mass is 16.2. The number of benzene rings is 1. The van der Waals surface area contributed by atoms with E-state index in [0.717, 1.165) is 24.8 Å². The number of nitrogens with two attached hydrogens (primary N) is 2. The number of primary amides is 1. The Morgan fingerprint density at radius 2 is 2.05 bits per heavy atom. The van der Waals surface area contributed by atoms with E-state index in [0.29, 0.717) is 17.7 Å². The molecule has 1 aliphatic carbocycles. The topological polar surface area (TPSA) is 98.2 Å². The number of hydrogen-bond acceptors (Lipinski definition) is 3. The molecule has 5 N–H and O–H groups in total. The summed E-state index contributed by atoms with van der Waals surface area (Å²) in [5.41, 5.74) is 12.8. The van der Waals surface area contributed by atoms with Crippen molar-refractivity contribution in [3.05, 3.63) is 29.3 Å². The molecular formula is C14H19N3O2. The molecule has 1 aromatic carbocycles. The van der Waals surface area contributed by atoms with E-state index in [4.69, 9.17) is 11.5 Å². The SMILES string of the molecule is Cc1cc(C(N)=O)ccc1NC(=O)CC1(N)CCC1. The Bertz CT molecular complexity index is 521. The minimum Gasteiger partial charge on any atom is -0.366 e. The molecule has 1 aliphatic rings. The van der Waals surface area contributed by atoms with Crippen LogP contribution < -0.4 is 16.8 Å². The van der Waals surface area contributed by atoms with Crippen LogP contribution >= 0.6 is 0 Å². The maximum atomic E-state index is 11.9. The molecule has 102 valence electrons. The van der Waals surface area contributed by atoms with Gasteiger partial charge in [-0.1, -0.05) is 0 Å². The fraction of sp³-hybridized carbons (Fsp3) is 0.429. The zero-order chi connectivity index (χ0) is 14.0. The molecule has 0 spiro atoms. The highest BCUT2D eigenvalue weighted by Gasteiger charge is 2.34. The van der Waals surface area contributed by atoms with Crippen LogP contribution in [0.4, 0.5) is 5.69 Å². The summed E-state index contributed by atoms with van der Waals surface area (Å²) in [7, 11) is 0. The summed E-state index contributed by atoms with van der Waals surface area (Å²) in [5.74, 6) is -0.562. The average Bonchev–Trinajstić information content (AvgIpc) is 2.29. The van der Waals surface area contributed by atoms with Gasteiger partial charge in [0.1, 0.15) is 0 Å². The molecule has 2 rings (SSSR count). The number of aryl methyl sites for hydroxylation is 1. The molecule has 1 saturated carbocycles. The summed E-state index contributed by atoms with van der Waals surface area (Å²) < 4.78 is 0. The lowest BCUT2D eigenvalue weighted by molar-refractivity contribution is -0.118. The first-order valence-electron chi connectivity index (χ1n) is 6.39. The van der Waals surface area contributed by atoms with Gasteiger partial charge < -0.3 is 16.8 Å². The Hall–Kier alpha value is -1.88. The first-order valence-corrected chi connectivity index (χ1v) is 6.39.